The quantitative estimate of drug-likeness (QED) is 0.203. The molecule has 0 saturated heterocycles. The molecule has 2 N–H and O–H groups in total. The van der Waals surface area contributed by atoms with Crippen LogP contribution in [0.5, 0.6) is 0 Å². The maximum Gasteiger partial charge on any atom is 0.0577 e. The molecule has 0 aromatic heterocycles. The molecule has 0 unspecified atom stereocenters. The van der Waals surface area contributed by atoms with E-state index in [2.05, 4.69) is 121 Å². The van der Waals surface area contributed by atoms with E-state index in [9.17, 15) is 10.2 Å². The summed E-state index contributed by atoms with van der Waals surface area (Å²) in [5.74, 6) is 9.90. The van der Waals surface area contributed by atoms with E-state index in [4.69, 9.17) is 0 Å². The van der Waals surface area contributed by atoms with Crippen molar-refractivity contribution in [3.8, 4) is 0 Å². The Balaban J connectivity index is 0.000000186. The van der Waals surface area contributed by atoms with Crippen LogP contribution in [0.1, 0.15) is 225 Å². The fraction of sp³-hybridized carbons (Fsp3) is 0.900. The second kappa shape index (κ2) is 18.3. The second-order valence-electron chi connectivity index (χ2n) is 26.7. The van der Waals surface area contributed by atoms with Gasteiger partial charge >= 0.3 is 0 Å². The molecule has 0 heterocycles. The minimum absolute atomic E-state index is 0.0907. The molecule has 0 aliphatic heterocycles. The van der Waals surface area contributed by atoms with Crippen molar-refractivity contribution in [2.24, 2.45) is 104 Å². The minimum atomic E-state index is -0.0983. The van der Waals surface area contributed by atoms with E-state index in [1.54, 1.807) is 11.1 Å². The van der Waals surface area contributed by atoms with Crippen LogP contribution in [-0.2, 0) is 0 Å². The third kappa shape index (κ3) is 8.31. The standard InChI is InChI=1S/C30H52O.C30H50O/c2*1-8-22(20(2)3)10-9-21(4)25-11-12-26-29(25,6)18-15-27-28(5)17-14-24(31)19-23(28)13-16-30(26,27)7/h13,20-22,24-27,31H,8-12,14-19H2,1-7H3;9-10,13,20-22,24-27,31H,8,11-12,14-19H2,1-7H3/b;10-9+/t2*21-,22+,24-,25-,26-,27-,28-,29+,30-/m00/s1. The van der Waals surface area contributed by atoms with Crippen molar-refractivity contribution < 1.29 is 10.2 Å². The van der Waals surface area contributed by atoms with Crippen LogP contribution in [0.25, 0.3) is 0 Å². The average molecular weight is 855 g/mol. The van der Waals surface area contributed by atoms with Gasteiger partial charge in [0.15, 0.2) is 0 Å². The zero-order chi connectivity index (χ0) is 45.2. The van der Waals surface area contributed by atoms with Crippen molar-refractivity contribution in [1.82, 2.24) is 0 Å². The molecule has 6 saturated carbocycles. The molecule has 2 heteroatoms. The molecule has 0 radical (unpaired) electrons. The lowest BCUT2D eigenvalue weighted by Gasteiger charge is -2.63. The molecule has 8 aliphatic carbocycles. The van der Waals surface area contributed by atoms with Gasteiger partial charge in [0.25, 0.3) is 0 Å². The van der Waals surface area contributed by atoms with Crippen LogP contribution in [-0.4, -0.2) is 22.4 Å². The number of hydrogen-bond acceptors (Lipinski definition) is 2. The second-order valence-corrected chi connectivity index (χ2v) is 26.7. The average Bonchev–Trinajstić information content (AvgIpc) is 3.77. The van der Waals surface area contributed by atoms with E-state index in [1.807, 2.05) is 0 Å². The van der Waals surface area contributed by atoms with Gasteiger partial charge in [0.05, 0.1) is 12.2 Å². The number of allylic oxidation sites excluding steroid dienone is 4. The summed E-state index contributed by atoms with van der Waals surface area (Å²) in [6.07, 6.45) is 35.9. The summed E-state index contributed by atoms with van der Waals surface area (Å²) in [6, 6.07) is 0. The summed E-state index contributed by atoms with van der Waals surface area (Å²) in [5.41, 5.74) is 5.83. The van der Waals surface area contributed by atoms with Crippen molar-refractivity contribution in [1.29, 1.82) is 0 Å². The van der Waals surface area contributed by atoms with Gasteiger partial charge in [-0.3, -0.25) is 0 Å². The van der Waals surface area contributed by atoms with E-state index >= 15 is 0 Å². The third-order valence-electron chi connectivity index (χ3n) is 23.2. The van der Waals surface area contributed by atoms with E-state index in [0.717, 1.165) is 90.8 Å². The van der Waals surface area contributed by atoms with Crippen molar-refractivity contribution in [3.05, 3.63) is 35.5 Å². The first-order chi connectivity index (χ1) is 29.1. The Morgan fingerprint density at radius 3 is 1.47 bits per heavy atom. The van der Waals surface area contributed by atoms with E-state index in [-0.39, 0.29) is 12.2 Å². The fourth-order valence-electron chi connectivity index (χ4n) is 19.4. The number of aliphatic hydroxyl groups is 2. The van der Waals surface area contributed by atoms with Crippen LogP contribution in [0.15, 0.2) is 35.5 Å². The lowest BCUT2D eigenvalue weighted by atomic mass is 9.41. The molecule has 18 atom stereocenters. The molecule has 8 rings (SSSR count). The van der Waals surface area contributed by atoms with Crippen LogP contribution in [0, 0.1) is 104 Å². The fourth-order valence-corrected chi connectivity index (χ4v) is 19.4. The smallest absolute Gasteiger partial charge is 0.0577 e. The van der Waals surface area contributed by atoms with Gasteiger partial charge in [-0.2, -0.15) is 0 Å². The van der Waals surface area contributed by atoms with Crippen molar-refractivity contribution in [2.75, 3.05) is 0 Å². The zero-order valence-corrected chi connectivity index (χ0v) is 43.4. The lowest BCUT2D eigenvalue weighted by Crippen LogP contribution is -2.56. The summed E-state index contributed by atoms with van der Waals surface area (Å²) >= 11 is 0. The summed E-state index contributed by atoms with van der Waals surface area (Å²) in [7, 11) is 0. The van der Waals surface area contributed by atoms with Crippen LogP contribution < -0.4 is 0 Å². The first-order valence-electron chi connectivity index (χ1n) is 27.6. The van der Waals surface area contributed by atoms with Gasteiger partial charge in [0.1, 0.15) is 0 Å². The number of hydrogen-bond donors (Lipinski definition) is 2. The molecule has 0 aromatic carbocycles. The normalized spacial score (nSPS) is 46.8. The SMILES string of the molecule is CC[C@H](/C=C/[C@H](C)[C@@H]1CC[C@@H]2[C@]3(C)CC=C4C[C@@H](O)CC[C@]4(C)[C@@H]3CC[C@@]21C)C(C)C.CC[C@H](CC[C@H](C)[C@@H]1CC[C@@H]2[C@]3(C)CC=C4C[C@@H](O)CC[C@]4(C)[C@@H]3CC[C@@]21C)C(C)C. The lowest BCUT2D eigenvalue weighted by molar-refractivity contribution is -0.114. The summed E-state index contributed by atoms with van der Waals surface area (Å²) < 4.78 is 0. The first-order valence-corrected chi connectivity index (χ1v) is 27.6. The Bertz CT molecular complexity index is 1630. The highest BCUT2D eigenvalue weighted by Crippen LogP contribution is 2.73. The molecule has 0 bridgehead atoms. The summed E-state index contributed by atoms with van der Waals surface area (Å²) in [4.78, 5) is 0. The summed E-state index contributed by atoms with van der Waals surface area (Å²) in [5, 5.41) is 20.6. The molecule has 2 nitrogen and oxygen atoms in total. The molecular formula is C60H102O2. The van der Waals surface area contributed by atoms with Crippen molar-refractivity contribution in [3.63, 3.8) is 0 Å². The molecular weight excluding hydrogens is 753 g/mol. The van der Waals surface area contributed by atoms with Crippen molar-refractivity contribution >= 4 is 0 Å². The van der Waals surface area contributed by atoms with Crippen LogP contribution >= 0.6 is 0 Å². The number of fused-ring (bicyclic) bond motifs is 10. The molecule has 8 aliphatic rings. The van der Waals surface area contributed by atoms with Gasteiger partial charge in [0.2, 0.25) is 0 Å². The summed E-state index contributed by atoms with van der Waals surface area (Å²) in [6.45, 7) is 35.3. The Morgan fingerprint density at radius 1 is 0.532 bits per heavy atom. The Hall–Kier alpha value is -0.860. The van der Waals surface area contributed by atoms with E-state index in [1.165, 1.54) is 103 Å². The van der Waals surface area contributed by atoms with Gasteiger partial charge in [-0.25, -0.2) is 0 Å². The highest BCUT2D eigenvalue weighted by Gasteiger charge is 2.65. The minimum Gasteiger partial charge on any atom is -0.393 e. The zero-order valence-electron chi connectivity index (χ0n) is 43.4. The Kier molecular flexibility index (Phi) is 14.5. The van der Waals surface area contributed by atoms with Gasteiger partial charge in [-0.15, -0.1) is 0 Å². The third-order valence-corrected chi connectivity index (χ3v) is 23.2. The molecule has 0 aromatic rings. The van der Waals surface area contributed by atoms with Gasteiger partial charge in [0, 0.05) is 0 Å². The van der Waals surface area contributed by atoms with Crippen LogP contribution in [0.2, 0.25) is 0 Å². The highest BCUT2D eigenvalue weighted by atomic mass is 16.3. The number of aliphatic hydroxyl groups excluding tert-OH is 2. The molecule has 0 spiro atoms. The highest BCUT2D eigenvalue weighted by molar-refractivity contribution is 5.29. The molecule has 354 valence electrons. The predicted molar refractivity (Wildman–Crippen MR) is 266 cm³/mol. The van der Waals surface area contributed by atoms with Gasteiger partial charge in [-0.1, -0.05) is 145 Å². The van der Waals surface area contributed by atoms with Gasteiger partial charge < -0.3 is 10.2 Å². The van der Waals surface area contributed by atoms with Crippen molar-refractivity contribution in [2.45, 2.75) is 238 Å². The van der Waals surface area contributed by atoms with E-state index in [0.29, 0.717) is 38.4 Å². The molecule has 0 amide bonds. The predicted octanol–water partition coefficient (Wildman–Crippen LogP) is 16.6. The topological polar surface area (TPSA) is 40.5 Å². The van der Waals surface area contributed by atoms with Gasteiger partial charge in [-0.05, 0) is 219 Å². The first kappa shape index (κ1) is 49.1. The number of rotatable bonds is 11. The Labute approximate surface area is 385 Å². The van der Waals surface area contributed by atoms with Crippen LogP contribution in [0.3, 0.4) is 0 Å². The maximum absolute atomic E-state index is 10.3. The molecule has 62 heavy (non-hydrogen) atoms. The largest absolute Gasteiger partial charge is 0.393 e. The van der Waals surface area contributed by atoms with Crippen LogP contribution in [0.4, 0.5) is 0 Å². The molecule has 6 fully saturated rings. The van der Waals surface area contributed by atoms with E-state index < -0.39 is 0 Å². The maximum atomic E-state index is 10.3. The Morgan fingerprint density at radius 2 is 1.02 bits per heavy atom. The monoisotopic (exact) mass is 855 g/mol.